The first-order chi connectivity index (χ1) is 9.81. The number of hydrogen-bond acceptors (Lipinski definition) is 5. The Kier molecular flexibility index (Phi) is 3.69. The van der Waals surface area contributed by atoms with E-state index in [-0.39, 0.29) is 0 Å². The van der Waals surface area contributed by atoms with Crippen LogP contribution < -0.4 is 10.1 Å². The zero-order valence-corrected chi connectivity index (χ0v) is 11.8. The van der Waals surface area contributed by atoms with Crippen LogP contribution in [0.25, 0.3) is 0 Å². The Labute approximate surface area is 118 Å². The van der Waals surface area contributed by atoms with Crippen molar-refractivity contribution in [2.75, 3.05) is 7.05 Å². The van der Waals surface area contributed by atoms with Crippen LogP contribution in [0.3, 0.4) is 0 Å². The molecule has 1 heterocycles. The average Bonchev–Trinajstić information content (AvgIpc) is 3.11. The third kappa shape index (κ3) is 2.41. The molecule has 5 heteroatoms. The SMILES string of the molecule is CCc1noc(COc2cccc3c2CCC3NC)n1. The number of nitrogens with one attached hydrogen (secondary N) is 1. The first-order valence-corrected chi connectivity index (χ1v) is 7.05. The second kappa shape index (κ2) is 5.63. The van der Waals surface area contributed by atoms with Crippen molar-refractivity contribution in [2.24, 2.45) is 0 Å². The Morgan fingerprint density at radius 2 is 2.35 bits per heavy atom. The zero-order valence-electron chi connectivity index (χ0n) is 11.8. The molecule has 106 valence electrons. The molecule has 1 aromatic heterocycles. The molecule has 0 saturated carbocycles. The molecule has 1 N–H and O–H groups in total. The lowest BCUT2D eigenvalue weighted by atomic mass is 10.1. The highest BCUT2D eigenvalue weighted by molar-refractivity contribution is 5.45. The molecule has 1 aromatic carbocycles. The average molecular weight is 273 g/mol. The van der Waals surface area contributed by atoms with E-state index in [1.165, 1.54) is 11.1 Å². The number of rotatable bonds is 5. The van der Waals surface area contributed by atoms with Gasteiger partial charge in [0.1, 0.15) is 5.75 Å². The van der Waals surface area contributed by atoms with E-state index < -0.39 is 0 Å². The minimum atomic E-state index is 0.327. The van der Waals surface area contributed by atoms with Gasteiger partial charge >= 0.3 is 0 Å². The summed E-state index contributed by atoms with van der Waals surface area (Å²) in [6, 6.07) is 6.64. The maximum atomic E-state index is 5.86. The molecular formula is C15H19N3O2. The molecule has 3 rings (SSSR count). The fraction of sp³-hybridized carbons (Fsp3) is 0.467. The summed E-state index contributed by atoms with van der Waals surface area (Å²) in [4.78, 5) is 4.25. The van der Waals surface area contributed by atoms with E-state index in [0.29, 0.717) is 18.5 Å². The maximum absolute atomic E-state index is 5.86. The number of hydrogen-bond donors (Lipinski definition) is 1. The Morgan fingerprint density at radius 1 is 1.45 bits per heavy atom. The fourth-order valence-corrected chi connectivity index (χ4v) is 2.69. The topological polar surface area (TPSA) is 60.2 Å². The van der Waals surface area contributed by atoms with E-state index in [9.17, 15) is 0 Å². The summed E-state index contributed by atoms with van der Waals surface area (Å²) in [6.07, 6.45) is 2.93. The normalized spacial score (nSPS) is 17.2. The van der Waals surface area contributed by atoms with Crippen molar-refractivity contribution in [1.82, 2.24) is 15.5 Å². The summed E-state index contributed by atoms with van der Waals surface area (Å²) in [6.45, 7) is 2.32. The highest BCUT2D eigenvalue weighted by Gasteiger charge is 2.24. The van der Waals surface area contributed by atoms with E-state index in [4.69, 9.17) is 9.26 Å². The van der Waals surface area contributed by atoms with Gasteiger partial charge in [0.15, 0.2) is 12.4 Å². The lowest BCUT2D eigenvalue weighted by Gasteiger charge is -2.12. The van der Waals surface area contributed by atoms with Gasteiger partial charge in [0.25, 0.3) is 5.89 Å². The van der Waals surface area contributed by atoms with E-state index in [1.807, 2.05) is 26.1 Å². The van der Waals surface area contributed by atoms with Gasteiger partial charge in [-0.05, 0) is 37.1 Å². The number of nitrogens with zero attached hydrogens (tertiary/aromatic N) is 2. The largest absolute Gasteiger partial charge is 0.483 e. The van der Waals surface area contributed by atoms with Crippen LogP contribution in [0.1, 0.15) is 42.2 Å². The Balaban J connectivity index is 1.74. The van der Waals surface area contributed by atoms with Crippen molar-refractivity contribution in [2.45, 2.75) is 38.8 Å². The van der Waals surface area contributed by atoms with Crippen LogP contribution in [0.15, 0.2) is 22.7 Å². The Bertz CT molecular complexity index is 595. The van der Waals surface area contributed by atoms with Crippen LogP contribution >= 0.6 is 0 Å². The second-order valence-corrected chi connectivity index (χ2v) is 4.95. The van der Waals surface area contributed by atoms with Crippen molar-refractivity contribution in [1.29, 1.82) is 0 Å². The summed E-state index contributed by atoms with van der Waals surface area (Å²) in [7, 11) is 2.00. The van der Waals surface area contributed by atoms with E-state index in [1.54, 1.807) is 0 Å². The molecule has 0 aliphatic heterocycles. The molecule has 1 atom stereocenters. The first-order valence-electron chi connectivity index (χ1n) is 7.05. The summed E-state index contributed by atoms with van der Waals surface area (Å²) in [5.74, 6) is 2.18. The van der Waals surface area contributed by atoms with Gasteiger partial charge in [-0.2, -0.15) is 4.98 Å². The molecule has 0 amide bonds. The van der Waals surface area contributed by atoms with Crippen LogP contribution in [0.2, 0.25) is 0 Å². The van der Waals surface area contributed by atoms with Crippen LogP contribution in [-0.4, -0.2) is 17.2 Å². The third-order valence-corrected chi connectivity index (χ3v) is 3.75. The Hall–Kier alpha value is -1.88. The molecule has 0 spiro atoms. The highest BCUT2D eigenvalue weighted by Crippen LogP contribution is 2.36. The van der Waals surface area contributed by atoms with Crippen LogP contribution in [-0.2, 0) is 19.4 Å². The van der Waals surface area contributed by atoms with Gasteiger partial charge in [-0.25, -0.2) is 0 Å². The first kappa shape index (κ1) is 13.1. The van der Waals surface area contributed by atoms with Crippen molar-refractivity contribution in [3.63, 3.8) is 0 Å². The predicted molar refractivity (Wildman–Crippen MR) is 74.6 cm³/mol. The fourth-order valence-electron chi connectivity index (χ4n) is 2.69. The molecule has 1 aliphatic carbocycles. The summed E-state index contributed by atoms with van der Waals surface area (Å²) in [5, 5.41) is 7.20. The monoisotopic (exact) mass is 273 g/mol. The molecule has 5 nitrogen and oxygen atoms in total. The van der Waals surface area contributed by atoms with Crippen LogP contribution in [0.4, 0.5) is 0 Å². The lowest BCUT2D eigenvalue weighted by molar-refractivity contribution is 0.241. The van der Waals surface area contributed by atoms with E-state index >= 15 is 0 Å². The van der Waals surface area contributed by atoms with Gasteiger partial charge in [-0.3, -0.25) is 0 Å². The molecule has 0 saturated heterocycles. The molecule has 1 unspecified atom stereocenters. The predicted octanol–water partition coefficient (Wildman–Crippen LogP) is 2.42. The van der Waals surface area contributed by atoms with Gasteiger partial charge in [0.05, 0.1) is 0 Å². The molecule has 0 fully saturated rings. The van der Waals surface area contributed by atoms with Gasteiger partial charge in [-0.15, -0.1) is 0 Å². The van der Waals surface area contributed by atoms with Crippen molar-refractivity contribution < 1.29 is 9.26 Å². The number of ether oxygens (including phenoxy) is 1. The third-order valence-electron chi connectivity index (χ3n) is 3.75. The summed E-state index contributed by atoms with van der Waals surface area (Å²) >= 11 is 0. The Morgan fingerprint density at radius 3 is 3.10 bits per heavy atom. The number of aryl methyl sites for hydroxylation is 1. The number of aromatic nitrogens is 2. The number of benzene rings is 1. The lowest BCUT2D eigenvalue weighted by Crippen LogP contribution is -2.12. The zero-order chi connectivity index (χ0) is 13.9. The van der Waals surface area contributed by atoms with Crippen LogP contribution in [0.5, 0.6) is 5.75 Å². The molecule has 20 heavy (non-hydrogen) atoms. The minimum absolute atomic E-state index is 0.327. The summed E-state index contributed by atoms with van der Waals surface area (Å²) in [5.41, 5.74) is 2.63. The maximum Gasteiger partial charge on any atom is 0.264 e. The van der Waals surface area contributed by atoms with Gasteiger partial charge in [0.2, 0.25) is 0 Å². The van der Waals surface area contributed by atoms with Gasteiger partial charge in [0, 0.05) is 12.5 Å². The van der Waals surface area contributed by atoms with Crippen molar-refractivity contribution in [3.8, 4) is 5.75 Å². The highest BCUT2D eigenvalue weighted by atomic mass is 16.5. The molecule has 2 aromatic rings. The van der Waals surface area contributed by atoms with E-state index in [0.717, 1.165) is 30.8 Å². The minimum Gasteiger partial charge on any atom is -0.483 e. The van der Waals surface area contributed by atoms with E-state index in [2.05, 4.69) is 21.5 Å². The summed E-state index contributed by atoms with van der Waals surface area (Å²) < 4.78 is 11.0. The number of fused-ring (bicyclic) bond motifs is 1. The molecule has 0 bridgehead atoms. The van der Waals surface area contributed by atoms with Crippen molar-refractivity contribution in [3.05, 3.63) is 41.0 Å². The molecule has 1 aliphatic rings. The van der Waals surface area contributed by atoms with Gasteiger partial charge in [-0.1, -0.05) is 24.2 Å². The molecule has 0 radical (unpaired) electrons. The molecular weight excluding hydrogens is 254 g/mol. The smallest absolute Gasteiger partial charge is 0.264 e. The van der Waals surface area contributed by atoms with Crippen LogP contribution in [0, 0.1) is 0 Å². The standard InChI is InChI=1S/C15H19N3O2/c1-3-14-17-15(20-18-14)9-19-13-6-4-5-10-11(13)7-8-12(10)16-2/h4-6,12,16H,3,7-9H2,1-2H3. The van der Waals surface area contributed by atoms with Gasteiger partial charge < -0.3 is 14.6 Å². The van der Waals surface area contributed by atoms with Crippen molar-refractivity contribution >= 4 is 0 Å². The second-order valence-electron chi connectivity index (χ2n) is 4.95. The quantitative estimate of drug-likeness (QED) is 0.906.